The largest absolute Gasteiger partial charge is 0.480 e. The van der Waals surface area contributed by atoms with Gasteiger partial charge in [-0.25, -0.2) is 4.79 Å². The molecule has 1 N–H and O–H groups in total. The maximum Gasteiger partial charge on any atom is 0.326 e. The molecule has 1 atom stereocenters. The molecule has 1 aromatic heterocycles. The van der Waals surface area contributed by atoms with Gasteiger partial charge in [0.15, 0.2) is 5.78 Å². The summed E-state index contributed by atoms with van der Waals surface area (Å²) in [6, 6.07) is 2.57. The molecule has 0 unspecified atom stereocenters. The lowest BCUT2D eigenvalue weighted by Crippen LogP contribution is -2.40. The second-order valence-electron chi connectivity index (χ2n) is 4.75. The molecule has 1 aromatic rings. The lowest BCUT2D eigenvalue weighted by Gasteiger charge is -2.21. The lowest BCUT2D eigenvalue weighted by atomic mass is 10.1. The number of likely N-dealkylation sites (tertiary alicyclic amines) is 1. The maximum atomic E-state index is 12.0. The standard InChI is InChI=1S/C14H16N2O4/c17-12(10-3-1-7-15-9-10)5-6-13(18)16-8-2-4-11(16)14(19)20/h1,3,7,9,11H,2,4-6,8H2,(H,19,20)/t11-/m0/s1. The van der Waals surface area contributed by atoms with Crippen LogP contribution in [0.3, 0.4) is 0 Å². The highest BCUT2D eigenvalue weighted by molar-refractivity contribution is 5.98. The number of carboxylic acid groups (broad SMARTS) is 1. The first kappa shape index (κ1) is 14.2. The first-order valence-electron chi connectivity index (χ1n) is 6.55. The van der Waals surface area contributed by atoms with Gasteiger partial charge in [-0.1, -0.05) is 0 Å². The molecule has 0 bridgehead atoms. The van der Waals surface area contributed by atoms with Gasteiger partial charge in [0.25, 0.3) is 0 Å². The summed E-state index contributed by atoms with van der Waals surface area (Å²) in [5.41, 5.74) is 0.469. The Bertz CT molecular complexity index is 515. The van der Waals surface area contributed by atoms with Gasteiger partial charge in [-0.2, -0.15) is 0 Å². The molecule has 6 nitrogen and oxygen atoms in total. The third-order valence-electron chi connectivity index (χ3n) is 3.41. The highest BCUT2D eigenvalue weighted by Crippen LogP contribution is 2.19. The van der Waals surface area contributed by atoms with E-state index >= 15 is 0 Å². The van der Waals surface area contributed by atoms with Crippen molar-refractivity contribution in [1.82, 2.24) is 9.88 Å². The third kappa shape index (κ3) is 3.20. The number of carbonyl (C=O) groups excluding carboxylic acids is 2. The van der Waals surface area contributed by atoms with Crippen LogP contribution in [0.1, 0.15) is 36.0 Å². The Balaban J connectivity index is 1.89. The number of hydrogen-bond acceptors (Lipinski definition) is 4. The summed E-state index contributed by atoms with van der Waals surface area (Å²) in [7, 11) is 0. The number of rotatable bonds is 5. The van der Waals surface area contributed by atoms with Gasteiger partial charge < -0.3 is 10.0 Å². The first-order valence-corrected chi connectivity index (χ1v) is 6.55. The molecule has 0 saturated carbocycles. The van der Waals surface area contributed by atoms with Crippen molar-refractivity contribution in [3.63, 3.8) is 0 Å². The van der Waals surface area contributed by atoms with E-state index in [1.807, 2.05) is 0 Å². The summed E-state index contributed by atoms with van der Waals surface area (Å²) in [6.07, 6.45) is 4.33. The van der Waals surface area contributed by atoms with Crippen molar-refractivity contribution in [2.24, 2.45) is 0 Å². The minimum atomic E-state index is -0.977. The molecule has 2 rings (SSSR count). The number of nitrogens with zero attached hydrogens (tertiary/aromatic N) is 2. The van der Waals surface area contributed by atoms with Gasteiger partial charge in [0.1, 0.15) is 6.04 Å². The number of carbonyl (C=O) groups is 3. The summed E-state index contributed by atoms with van der Waals surface area (Å²) >= 11 is 0. The average molecular weight is 276 g/mol. The highest BCUT2D eigenvalue weighted by Gasteiger charge is 2.33. The smallest absolute Gasteiger partial charge is 0.326 e. The van der Waals surface area contributed by atoms with Crippen molar-refractivity contribution in [2.75, 3.05) is 6.54 Å². The van der Waals surface area contributed by atoms with Gasteiger partial charge in [0.05, 0.1) is 0 Å². The topological polar surface area (TPSA) is 87.6 Å². The number of Topliss-reactive ketones (excluding diaryl/α,β-unsaturated/α-hetero) is 1. The van der Waals surface area contributed by atoms with Crippen LogP contribution in [0, 0.1) is 0 Å². The molecular formula is C14H16N2O4. The normalized spacial score (nSPS) is 18.0. The van der Waals surface area contributed by atoms with Gasteiger partial charge in [-0.15, -0.1) is 0 Å². The van der Waals surface area contributed by atoms with Crippen LogP contribution >= 0.6 is 0 Å². The highest BCUT2D eigenvalue weighted by atomic mass is 16.4. The molecule has 0 spiro atoms. The van der Waals surface area contributed by atoms with Crippen LogP contribution < -0.4 is 0 Å². The molecule has 1 fully saturated rings. The number of aliphatic carboxylic acids is 1. The van der Waals surface area contributed by atoms with Gasteiger partial charge >= 0.3 is 5.97 Å². The molecule has 1 aliphatic heterocycles. The van der Waals surface area contributed by atoms with Crippen LogP contribution in [0.25, 0.3) is 0 Å². The number of amides is 1. The van der Waals surface area contributed by atoms with Crippen molar-refractivity contribution in [2.45, 2.75) is 31.7 Å². The van der Waals surface area contributed by atoms with Gasteiger partial charge in [-0.05, 0) is 25.0 Å². The third-order valence-corrected chi connectivity index (χ3v) is 3.41. The molecule has 1 saturated heterocycles. The van der Waals surface area contributed by atoms with Crippen LogP contribution in [0.5, 0.6) is 0 Å². The van der Waals surface area contributed by atoms with Gasteiger partial charge in [0, 0.05) is 37.3 Å². The van der Waals surface area contributed by atoms with Crippen LogP contribution in [0.4, 0.5) is 0 Å². The number of aromatic nitrogens is 1. The van der Waals surface area contributed by atoms with Crippen molar-refractivity contribution in [3.05, 3.63) is 30.1 Å². The SMILES string of the molecule is O=C(CCC(=O)N1CCC[C@H]1C(=O)O)c1cccnc1. The number of ketones is 1. The van der Waals surface area contributed by atoms with Crippen LogP contribution in [-0.4, -0.2) is 45.2 Å². The van der Waals surface area contributed by atoms with Crippen molar-refractivity contribution in [3.8, 4) is 0 Å². The molecule has 2 heterocycles. The Morgan fingerprint density at radius 1 is 1.35 bits per heavy atom. The lowest BCUT2D eigenvalue weighted by molar-refractivity contribution is -0.148. The zero-order valence-corrected chi connectivity index (χ0v) is 11.0. The van der Waals surface area contributed by atoms with Crippen LogP contribution in [-0.2, 0) is 9.59 Å². The molecule has 20 heavy (non-hydrogen) atoms. The predicted octanol–water partition coefficient (Wildman–Crippen LogP) is 1.12. The van der Waals surface area contributed by atoms with E-state index < -0.39 is 12.0 Å². The second kappa shape index (κ2) is 6.27. The van der Waals surface area contributed by atoms with E-state index in [0.29, 0.717) is 24.9 Å². The molecule has 0 aromatic carbocycles. The van der Waals surface area contributed by atoms with E-state index in [0.717, 1.165) is 0 Å². The van der Waals surface area contributed by atoms with Gasteiger partial charge in [0.2, 0.25) is 5.91 Å². The number of carboxylic acids is 1. The van der Waals surface area contributed by atoms with E-state index in [-0.39, 0.29) is 24.5 Å². The Morgan fingerprint density at radius 3 is 2.80 bits per heavy atom. The summed E-state index contributed by atoms with van der Waals surface area (Å²) in [5.74, 6) is -1.40. The summed E-state index contributed by atoms with van der Waals surface area (Å²) in [6.45, 7) is 0.455. The zero-order valence-electron chi connectivity index (χ0n) is 11.0. The Labute approximate surface area is 116 Å². The summed E-state index contributed by atoms with van der Waals surface area (Å²) in [4.78, 5) is 40.1. The fourth-order valence-electron chi connectivity index (χ4n) is 2.36. The second-order valence-corrected chi connectivity index (χ2v) is 4.75. The summed E-state index contributed by atoms with van der Waals surface area (Å²) in [5, 5.41) is 9.02. The monoisotopic (exact) mass is 276 g/mol. The van der Waals surface area contributed by atoms with E-state index in [1.54, 1.807) is 18.3 Å². The Kier molecular flexibility index (Phi) is 4.45. The predicted molar refractivity (Wildman–Crippen MR) is 70.2 cm³/mol. The number of hydrogen-bond donors (Lipinski definition) is 1. The van der Waals surface area contributed by atoms with E-state index in [2.05, 4.69) is 4.98 Å². The zero-order chi connectivity index (χ0) is 14.5. The molecule has 1 aliphatic rings. The van der Waals surface area contributed by atoms with E-state index in [9.17, 15) is 14.4 Å². The fraction of sp³-hybridized carbons (Fsp3) is 0.429. The Hall–Kier alpha value is -2.24. The van der Waals surface area contributed by atoms with Crippen LogP contribution in [0.15, 0.2) is 24.5 Å². The van der Waals surface area contributed by atoms with Crippen molar-refractivity contribution in [1.29, 1.82) is 0 Å². The molecule has 0 radical (unpaired) electrons. The minimum Gasteiger partial charge on any atom is -0.480 e. The molecule has 106 valence electrons. The van der Waals surface area contributed by atoms with Crippen molar-refractivity contribution < 1.29 is 19.5 Å². The maximum absolute atomic E-state index is 12.0. The van der Waals surface area contributed by atoms with E-state index in [4.69, 9.17) is 5.11 Å². The molecular weight excluding hydrogens is 260 g/mol. The van der Waals surface area contributed by atoms with Gasteiger partial charge in [-0.3, -0.25) is 14.6 Å². The van der Waals surface area contributed by atoms with Crippen LogP contribution in [0.2, 0.25) is 0 Å². The average Bonchev–Trinajstić information content (AvgIpc) is 2.95. The first-order chi connectivity index (χ1) is 9.59. The molecule has 6 heteroatoms. The minimum absolute atomic E-state index is 0.0392. The number of pyridine rings is 1. The Morgan fingerprint density at radius 2 is 2.15 bits per heavy atom. The fourth-order valence-corrected chi connectivity index (χ4v) is 2.36. The van der Waals surface area contributed by atoms with Crippen molar-refractivity contribution >= 4 is 17.7 Å². The molecule has 0 aliphatic carbocycles. The summed E-state index contributed by atoms with van der Waals surface area (Å²) < 4.78 is 0. The van der Waals surface area contributed by atoms with E-state index in [1.165, 1.54) is 11.1 Å². The quantitative estimate of drug-likeness (QED) is 0.814. The molecule has 1 amide bonds.